The summed E-state index contributed by atoms with van der Waals surface area (Å²) < 4.78 is 13.1. The fourth-order valence-electron chi connectivity index (χ4n) is 3.03. The van der Waals surface area contributed by atoms with Crippen LogP contribution in [0.5, 0.6) is 0 Å². The van der Waals surface area contributed by atoms with Gasteiger partial charge in [0.1, 0.15) is 11.6 Å². The van der Waals surface area contributed by atoms with Crippen molar-refractivity contribution in [2.24, 2.45) is 0 Å². The molecule has 0 unspecified atom stereocenters. The molecule has 1 aromatic heterocycles. The van der Waals surface area contributed by atoms with Gasteiger partial charge in [0.2, 0.25) is 0 Å². The van der Waals surface area contributed by atoms with E-state index < -0.39 is 0 Å². The number of piperazine rings is 1. The summed E-state index contributed by atoms with van der Waals surface area (Å²) in [6.07, 6.45) is 0. The Balaban J connectivity index is 1.59. The number of hydrogen-bond donors (Lipinski definition) is 1. The number of rotatable bonds is 5. The minimum absolute atomic E-state index is 0.0752. The van der Waals surface area contributed by atoms with Gasteiger partial charge in [-0.15, -0.1) is 10.2 Å². The third kappa shape index (κ3) is 4.80. The van der Waals surface area contributed by atoms with Crippen molar-refractivity contribution in [1.29, 1.82) is 0 Å². The molecule has 2 heterocycles. The Morgan fingerprint density at radius 1 is 1.07 bits per heavy atom. The third-order valence-electron chi connectivity index (χ3n) is 5.01. The molecule has 6 nitrogen and oxygen atoms in total. The van der Waals surface area contributed by atoms with Crippen molar-refractivity contribution < 1.29 is 9.18 Å². The largest absolute Gasteiger partial charge is 0.368 e. The number of carbonyl (C=O) groups is 1. The lowest BCUT2D eigenvalue weighted by Crippen LogP contribution is -2.47. The molecule has 1 amide bonds. The van der Waals surface area contributed by atoms with Gasteiger partial charge < -0.3 is 15.1 Å². The van der Waals surface area contributed by atoms with Crippen LogP contribution in [0.2, 0.25) is 0 Å². The van der Waals surface area contributed by atoms with E-state index in [1.165, 1.54) is 12.1 Å². The zero-order valence-corrected chi connectivity index (χ0v) is 16.1. The third-order valence-corrected chi connectivity index (χ3v) is 5.01. The maximum atomic E-state index is 13.1. The predicted molar refractivity (Wildman–Crippen MR) is 103 cm³/mol. The quantitative estimate of drug-likeness (QED) is 0.875. The van der Waals surface area contributed by atoms with Gasteiger partial charge in [-0.05, 0) is 36.9 Å². The second-order valence-corrected chi connectivity index (χ2v) is 7.64. The first kappa shape index (κ1) is 19.2. The summed E-state index contributed by atoms with van der Waals surface area (Å²) in [7, 11) is 2.05. The molecule has 1 aliphatic rings. The zero-order valence-electron chi connectivity index (χ0n) is 16.1. The van der Waals surface area contributed by atoms with Crippen LogP contribution in [-0.2, 0) is 5.41 Å². The molecule has 1 aliphatic heterocycles. The van der Waals surface area contributed by atoms with Crippen LogP contribution < -0.4 is 5.32 Å². The van der Waals surface area contributed by atoms with Crippen LogP contribution in [0, 0.1) is 5.82 Å². The monoisotopic (exact) mass is 371 g/mol. The lowest BCUT2D eigenvalue weighted by molar-refractivity contribution is 0.0657. The van der Waals surface area contributed by atoms with E-state index in [9.17, 15) is 9.18 Å². The van der Waals surface area contributed by atoms with Crippen LogP contribution in [-0.4, -0.2) is 65.7 Å². The van der Waals surface area contributed by atoms with E-state index in [0.29, 0.717) is 31.1 Å². The fraction of sp³-hybridized carbons (Fsp3) is 0.450. The van der Waals surface area contributed by atoms with Gasteiger partial charge in [0.25, 0.3) is 5.91 Å². The summed E-state index contributed by atoms with van der Waals surface area (Å²) in [4.78, 5) is 16.5. The van der Waals surface area contributed by atoms with Gasteiger partial charge in [0, 0.05) is 38.1 Å². The number of benzene rings is 1. The normalized spacial score (nSPS) is 15.6. The molecule has 3 rings (SSSR count). The molecule has 1 aromatic carbocycles. The highest BCUT2D eigenvalue weighted by Gasteiger charge is 2.23. The van der Waals surface area contributed by atoms with Crippen molar-refractivity contribution in [2.45, 2.75) is 19.3 Å². The highest BCUT2D eigenvalue weighted by molar-refractivity contribution is 5.92. The van der Waals surface area contributed by atoms with Crippen molar-refractivity contribution >= 4 is 11.7 Å². The molecule has 144 valence electrons. The van der Waals surface area contributed by atoms with E-state index in [0.717, 1.165) is 18.7 Å². The number of nitrogens with zero attached hydrogens (tertiary/aromatic N) is 4. The number of nitrogens with one attached hydrogen (secondary N) is 1. The molecule has 0 aliphatic carbocycles. The van der Waals surface area contributed by atoms with Crippen molar-refractivity contribution in [3.63, 3.8) is 0 Å². The van der Waals surface area contributed by atoms with E-state index in [4.69, 9.17) is 0 Å². The smallest absolute Gasteiger partial charge is 0.274 e. The summed E-state index contributed by atoms with van der Waals surface area (Å²) in [5, 5.41) is 11.5. The molecule has 0 saturated carbocycles. The van der Waals surface area contributed by atoms with Gasteiger partial charge in [0.15, 0.2) is 5.69 Å². The van der Waals surface area contributed by atoms with Crippen LogP contribution in [0.1, 0.15) is 29.9 Å². The van der Waals surface area contributed by atoms with Crippen LogP contribution >= 0.6 is 0 Å². The first-order chi connectivity index (χ1) is 12.8. The molecule has 7 heteroatoms. The molecule has 2 aromatic rings. The van der Waals surface area contributed by atoms with Gasteiger partial charge in [-0.3, -0.25) is 4.79 Å². The van der Waals surface area contributed by atoms with E-state index in [1.54, 1.807) is 24.3 Å². The molecular formula is C20H26FN5O. The summed E-state index contributed by atoms with van der Waals surface area (Å²) >= 11 is 0. The standard InChI is InChI=1S/C20H26FN5O/c1-20(2,15-4-6-16(21)7-5-15)14-22-18-9-8-17(23-24-18)19(27)26-12-10-25(3)11-13-26/h4-9H,10-14H2,1-3H3,(H,22,24). The Kier molecular flexibility index (Phi) is 5.70. The predicted octanol–water partition coefficient (Wildman–Crippen LogP) is 2.39. The van der Waals surface area contributed by atoms with Crippen molar-refractivity contribution in [3.8, 4) is 0 Å². The Morgan fingerprint density at radius 2 is 1.74 bits per heavy atom. The molecule has 0 atom stereocenters. The Morgan fingerprint density at radius 3 is 2.33 bits per heavy atom. The molecule has 0 bridgehead atoms. The van der Waals surface area contributed by atoms with E-state index >= 15 is 0 Å². The first-order valence-corrected chi connectivity index (χ1v) is 9.17. The number of anilines is 1. The van der Waals surface area contributed by atoms with Crippen molar-refractivity contribution in [2.75, 3.05) is 45.1 Å². The summed E-state index contributed by atoms with van der Waals surface area (Å²) in [5.74, 6) is 0.294. The fourth-order valence-corrected chi connectivity index (χ4v) is 3.03. The maximum absolute atomic E-state index is 13.1. The summed E-state index contributed by atoms with van der Waals surface area (Å²) in [5.41, 5.74) is 1.19. The molecule has 0 radical (unpaired) electrons. The summed E-state index contributed by atoms with van der Waals surface area (Å²) in [6, 6.07) is 10.0. The minimum Gasteiger partial charge on any atom is -0.368 e. The number of carbonyl (C=O) groups excluding carboxylic acids is 1. The first-order valence-electron chi connectivity index (χ1n) is 9.17. The molecule has 1 N–H and O–H groups in total. The number of aromatic nitrogens is 2. The Bertz CT molecular complexity index is 768. The average Bonchev–Trinajstić information content (AvgIpc) is 2.67. The summed E-state index contributed by atoms with van der Waals surface area (Å²) in [6.45, 7) is 7.93. The second kappa shape index (κ2) is 8.00. The molecule has 1 fully saturated rings. The lowest BCUT2D eigenvalue weighted by Gasteiger charge is -2.32. The van der Waals surface area contributed by atoms with Gasteiger partial charge in [-0.1, -0.05) is 26.0 Å². The lowest BCUT2D eigenvalue weighted by atomic mass is 9.84. The van der Waals surface area contributed by atoms with Crippen molar-refractivity contribution in [1.82, 2.24) is 20.0 Å². The Labute approximate surface area is 159 Å². The van der Waals surface area contributed by atoms with Gasteiger partial charge in [0.05, 0.1) is 0 Å². The van der Waals surface area contributed by atoms with Crippen molar-refractivity contribution in [3.05, 3.63) is 53.5 Å². The van der Waals surface area contributed by atoms with E-state index in [1.807, 2.05) is 4.90 Å². The molecule has 1 saturated heterocycles. The van der Waals surface area contributed by atoms with Gasteiger partial charge in [-0.25, -0.2) is 4.39 Å². The molecule has 0 spiro atoms. The highest BCUT2D eigenvalue weighted by Crippen LogP contribution is 2.23. The van der Waals surface area contributed by atoms with Crippen LogP contribution in [0.15, 0.2) is 36.4 Å². The van der Waals surface area contributed by atoms with E-state index in [2.05, 4.69) is 41.3 Å². The topological polar surface area (TPSA) is 61.4 Å². The zero-order chi connectivity index (χ0) is 19.4. The van der Waals surface area contributed by atoms with Crippen LogP contribution in [0.4, 0.5) is 10.2 Å². The second-order valence-electron chi connectivity index (χ2n) is 7.64. The van der Waals surface area contributed by atoms with Gasteiger partial charge in [-0.2, -0.15) is 0 Å². The number of halogens is 1. The molecule has 27 heavy (non-hydrogen) atoms. The number of likely N-dealkylation sites (N-methyl/N-ethyl adjacent to an activating group) is 1. The molecular weight excluding hydrogens is 345 g/mol. The maximum Gasteiger partial charge on any atom is 0.274 e. The van der Waals surface area contributed by atoms with Crippen LogP contribution in [0.3, 0.4) is 0 Å². The number of hydrogen-bond acceptors (Lipinski definition) is 5. The van der Waals surface area contributed by atoms with E-state index in [-0.39, 0.29) is 17.1 Å². The SMILES string of the molecule is CN1CCN(C(=O)c2ccc(NCC(C)(C)c3ccc(F)cc3)nn2)CC1. The van der Waals surface area contributed by atoms with Gasteiger partial charge >= 0.3 is 0 Å². The average molecular weight is 371 g/mol. The Hall–Kier alpha value is -2.54. The number of amides is 1. The minimum atomic E-state index is -0.242. The van der Waals surface area contributed by atoms with Crippen LogP contribution in [0.25, 0.3) is 0 Å². The highest BCUT2D eigenvalue weighted by atomic mass is 19.1.